The summed E-state index contributed by atoms with van der Waals surface area (Å²) in [4.78, 5) is 14.3. The summed E-state index contributed by atoms with van der Waals surface area (Å²) in [6, 6.07) is 0.482. The van der Waals surface area contributed by atoms with Crippen LogP contribution in [0, 0.1) is 23.7 Å². The Balaban J connectivity index is 1.40. The molecule has 20 heavy (non-hydrogen) atoms. The number of aliphatic hydroxyl groups excluding tert-OH is 1. The van der Waals surface area contributed by atoms with Gasteiger partial charge in [0.15, 0.2) is 0 Å². The van der Waals surface area contributed by atoms with E-state index in [1.807, 2.05) is 4.90 Å². The maximum absolute atomic E-state index is 12.4. The Hall–Kier alpha value is -0.770. The van der Waals surface area contributed by atoms with Crippen molar-refractivity contribution in [1.82, 2.24) is 10.2 Å². The van der Waals surface area contributed by atoms with Crippen molar-refractivity contribution < 1.29 is 9.90 Å². The summed E-state index contributed by atoms with van der Waals surface area (Å²) < 4.78 is 0. The molecule has 4 saturated carbocycles. The molecule has 4 heteroatoms. The topological polar surface area (TPSA) is 52.6 Å². The second-order valence-electron chi connectivity index (χ2n) is 7.65. The molecule has 1 atom stereocenters. The molecule has 1 unspecified atom stereocenters. The Morgan fingerprint density at radius 3 is 2.30 bits per heavy atom. The first-order chi connectivity index (χ1) is 9.69. The van der Waals surface area contributed by atoms with Gasteiger partial charge in [0.2, 0.25) is 0 Å². The third-order valence-corrected chi connectivity index (χ3v) is 6.20. The van der Waals surface area contributed by atoms with Gasteiger partial charge in [-0.2, -0.15) is 0 Å². The lowest BCUT2D eigenvalue weighted by atomic mass is 9.54. The average molecular weight is 278 g/mol. The molecule has 1 aliphatic heterocycles. The third kappa shape index (κ3) is 2.22. The second-order valence-corrected chi connectivity index (χ2v) is 7.65. The zero-order chi connectivity index (χ0) is 13.7. The first kappa shape index (κ1) is 12.9. The Bertz CT molecular complexity index is 370. The van der Waals surface area contributed by atoms with Gasteiger partial charge in [-0.1, -0.05) is 0 Å². The van der Waals surface area contributed by atoms with Gasteiger partial charge in [0.05, 0.1) is 6.10 Å². The number of urea groups is 1. The number of nitrogens with one attached hydrogen (secondary N) is 1. The van der Waals surface area contributed by atoms with E-state index in [1.165, 1.54) is 32.1 Å². The van der Waals surface area contributed by atoms with E-state index in [4.69, 9.17) is 0 Å². The predicted octanol–water partition coefficient (Wildman–Crippen LogP) is 1.98. The fraction of sp³-hybridized carbons (Fsp3) is 0.938. The highest BCUT2D eigenvalue weighted by molar-refractivity contribution is 5.74. The smallest absolute Gasteiger partial charge is 0.317 e. The van der Waals surface area contributed by atoms with E-state index >= 15 is 0 Å². The number of likely N-dealkylation sites (tertiary alicyclic amines) is 1. The molecule has 112 valence electrons. The predicted molar refractivity (Wildman–Crippen MR) is 76.2 cm³/mol. The van der Waals surface area contributed by atoms with Crippen molar-refractivity contribution in [3.05, 3.63) is 0 Å². The summed E-state index contributed by atoms with van der Waals surface area (Å²) in [5.74, 6) is 3.35. The molecule has 4 aliphatic carbocycles. The van der Waals surface area contributed by atoms with Crippen LogP contribution in [0.4, 0.5) is 4.79 Å². The lowest BCUT2D eigenvalue weighted by molar-refractivity contribution is -0.0123. The largest absolute Gasteiger partial charge is 0.391 e. The van der Waals surface area contributed by atoms with Crippen molar-refractivity contribution in [1.29, 1.82) is 0 Å². The highest BCUT2D eigenvalue weighted by Gasteiger charge is 2.48. The maximum atomic E-state index is 12.4. The van der Waals surface area contributed by atoms with Crippen LogP contribution < -0.4 is 5.32 Å². The summed E-state index contributed by atoms with van der Waals surface area (Å²) >= 11 is 0. The van der Waals surface area contributed by atoms with Gasteiger partial charge >= 0.3 is 6.03 Å². The van der Waals surface area contributed by atoms with Crippen LogP contribution >= 0.6 is 0 Å². The van der Waals surface area contributed by atoms with Gasteiger partial charge in [0.1, 0.15) is 0 Å². The molecule has 4 bridgehead atoms. The summed E-state index contributed by atoms with van der Waals surface area (Å²) in [6.07, 6.45) is 8.22. The normalized spacial score (nSPS) is 46.5. The number of aliphatic hydroxyl groups is 1. The molecule has 2 N–H and O–H groups in total. The van der Waals surface area contributed by atoms with Crippen LogP contribution in [0.15, 0.2) is 0 Å². The number of carbonyl (C=O) groups is 1. The van der Waals surface area contributed by atoms with Crippen LogP contribution in [0.5, 0.6) is 0 Å². The van der Waals surface area contributed by atoms with E-state index in [1.54, 1.807) is 0 Å². The van der Waals surface area contributed by atoms with E-state index in [2.05, 4.69) is 5.32 Å². The van der Waals surface area contributed by atoms with Crippen molar-refractivity contribution >= 4 is 6.03 Å². The van der Waals surface area contributed by atoms with E-state index in [0.29, 0.717) is 12.6 Å². The zero-order valence-corrected chi connectivity index (χ0v) is 12.1. The molecule has 5 rings (SSSR count). The monoisotopic (exact) mass is 278 g/mol. The Morgan fingerprint density at radius 2 is 1.70 bits per heavy atom. The minimum absolute atomic E-state index is 0.0706. The van der Waals surface area contributed by atoms with Gasteiger partial charge < -0.3 is 15.3 Å². The molecule has 5 fully saturated rings. The SMILES string of the molecule is O=C(NC1C2CC3CC(C2)CC1C3)N1CCCC(O)C1. The number of carbonyl (C=O) groups excluding carboxylic acids is 1. The number of nitrogens with zero attached hydrogens (tertiary/aromatic N) is 1. The van der Waals surface area contributed by atoms with Crippen molar-refractivity contribution in [3.8, 4) is 0 Å². The molecule has 1 saturated heterocycles. The lowest BCUT2D eigenvalue weighted by Gasteiger charge is -2.54. The second kappa shape index (κ2) is 4.90. The number of amides is 2. The molecule has 0 radical (unpaired) electrons. The van der Waals surface area contributed by atoms with E-state index in [9.17, 15) is 9.90 Å². The summed E-state index contributed by atoms with van der Waals surface area (Å²) in [5, 5.41) is 13.0. The fourth-order valence-corrected chi connectivity index (χ4v) is 5.53. The molecule has 0 aromatic carbocycles. The Labute approximate surface area is 120 Å². The molecular formula is C16H26N2O2. The van der Waals surface area contributed by atoms with Crippen molar-refractivity contribution in [2.75, 3.05) is 13.1 Å². The Morgan fingerprint density at radius 1 is 1.05 bits per heavy atom. The number of hydrogen-bond acceptors (Lipinski definition) is 2. The van der Waals surface area contributed by atoms with Crippen molar-refractivity contribution in [2.24, 2.45) is 23.7 Å². The number of β-amino-alcohol motifs (C(OH)–C–C–N with tert-alkyl or cyclic N) is 1. The molecule has 1 heterocycles. The van der Waals surface area contributed by atoms with E-state index in [0.717, 1.165) is 43.1 Å². The van der Waals surface area contributed by atoms with E-state index < -0.39 is 0 Å². The van der Waals surface area contributed by atoms with Gasteiger partial charge in [-0.3, -0.25) is 0 Å². The van der Waals surface area contributed by atoms with Gasteiger partial charge in [0, 0.05) is 19.1 Å². The van der Waals surface area contributed by atoms with Crippen LogP contribution in [0.1, 0.15) is 44.9 Å². The summed E-state index contributed by atoms with van der Waals surface area (Å²) in [7, 11) is 0. The molecule has 0 aromatic heterocycles. The van der Waals surface area contributed by atoms with Crippen LogP contribution in [0.3, 0.4) is 0 Å². The highest BCUT2D eigenvalue weighted by Crippen LogP contribution is 2.53. The first-order valence-corrected chi connectivity index (χ1v) is 8.42. The number of rotatable bonds is 1. The number of hydrogen-bond donors (Lipinski definition) is 2. The maximum Gasteiger partial charge on any atom is 0.317 e. The lowest BCUT2D eigenvalue weighted by Crippen LogP contribution is -2.59. The molecule has 4 nitrogen and oxygen atoms in total. The minimum Gasteiger partial charge on any atom is -0.391 e. The minimum atomic E-state index is -0.326. The molecular weight excluding hydrogens is 252 g/mol. The van der Waals surface area contributed by atoms with Crippen LogP contribution in [-0.4, -0.2) is 41.3 Å². The molecule has 2 amide bonds. The van der Waals surface area contributed by atoms with Gasteiger partial charge in [-0.05, 0) is 68.6 Å². The zero-order valence-electron chi connectivity index (χ0n) is 12.1. The van der Waals surface area contributed by atoms with E-state index in [-0.39, 0.29) is 12.1 Å². The van der Waals surface area contributed by atoms with Crippen LogP contribution in [-0.2, 0) is 0 Å². The average Bonchev–Trinajstić information content (AvgIpc) is 2.42. The highest BCUT2D eigenvalue weighted by atomic mass is 16.3. The standard InChI is InChI=1S/C16H26N2O2/c19-14-2-1-3-18(9-14)16(20)17-15-12-5-10-4-11(7-12)8-13(15)6-10/h10-15,19H,1-9H2,(H,17,20). The van der Waals surface area contributed by atoms with Gasteiger partial charge in [-0.25, -0.2) is 4.79 Å². The first-order valence-electron chi connectivity index (χ1n) is 8.42. The summed E-state index contributed by atoms with van der Waals surface area (Å²) in [6.45, 7) is 1.31. The van der Waals surface area contributed by atoms with Crippen molar-refractivity contribution in [3.63, 3.8) is 0 Å². The summed E-state index contributed by atoms with van der Waals surface area (Å²) in [5.41, 5.74) is 0. The van der Waals surface area contributed by atoms with Crippen molar-refractivity contribution in [2.45, 2.75) is 57.1 Å². The fourth-order valence-electron chi connectivity index (χ4n) is 5.53. The molecule has 5 aliphatic rings. The Kier molecular flexibility index (Phi) is 3.17. The van der Waals surface area contributed by atoms with Crippen LogP contribution in [0.2, 0.25) is 0 Å². The quantitative estimate of drug-likeness (QED) is 0.770. The van der Waals surface area contributed by atoms with Gasteiger partial charge in [0.25, 0.3) is 0 Å². The molecule has 0 aromatic rings. The van der Waals surface area contributed by atoms with Crippen LogP contribution in [0.25, 0.3) is 0 Å². The molecule has 0 spiro atoms. The third-order valence-electron chi connectivity index (χ3n) is 6.20. The number of piperidine rings is 1. The van der Waals surface area contributed by atoms with Gasteiger partial charge in [-0.15, -0.1) is 0 Å².